The van der Waals surface area contributed by atoms with E-state index < -0.39 is 17.4 Å². The number of carbonyl (C=O) groups excluding carboxylic acids is 2. The summed E-state index contributed by atoms with van der Waals surface area (Å²) in [5.41, 5.74) is 4.60. The fourth-order valence-electron chi connectivity index (χ4n) is 9.08. The molecular formula is C47H54FN7O7. The van der Waals surface area contributed by atoms with Gasteiger partial charge in [0.15, 0.2) is 5.82 Å². The van der Waals surface area contributed by atoms with E-state index in [1.807, 2.05) is 82.5 Å². The molecule has 3 aliphatic heterocycles. The topological polar surface area (TPSA) is 149 Å². The molecule has 2 amide bonds. The number of likely N-dealkylation sites (tertiary alicyclic amines) is 2. The molecule has 3 unspecified atom stereocenters. The lowest BCUT2D eigenvalue weighted by atomic mass is 9.92. The molecule has 0 bridgehead atoms. The Hall–Kier alpha value is -6.25. The highest BCUT2D eigenvalue weighted by Gasteiger charge is 2.39. The highest BCUT2D eigenvalue weighted by atomic mass is 19.1. The lowest BCUT2D eigenvalue weighted by Crippen LogP contribution is -2.36. The van der Waals surface area contributed by atoms with Gasteiger partial charge in [0, 0.05) is 41.2 Å². The Morgan fingerprint density at radius 1 is 0.790 bits per heavy atom. The van der Waals surface area contributed by atoms with Crippen LogP contribution in [-0.2, 0) is 14.2 Å². The normalized spacial score (nSPS) is 20.2. The predicted molar refractivity (Wildman–Crippen MR) is 231 cm³/mol. The molecule has 0 spiro atoms. The number of allylic oxidation sites excluding steroid dienone is 3. The van der Waals surface area contributed by atoms with Crippen molar-refractivity contribution in [1.29, 1.82) is 0 Å². The summed E-state index contributed by atoms with van der Waals surface area (Å²) in [6.07, 6.45) is 8.34. The first-order valence-electron chi connectivity index (χ1n) is 21.4. The molecule has 62 heavy (non-hydrogen) atoms. The van der Waals surface area contributed by atoms with E-state index in [-0.39, 0.29) is 30.1 Å². The number of carbonyl (C=O) groups is 2. The van der Waals surface area contributed by atoms with Crippen LogP contribution in [0.4, 0.5) is 14.0 Å². The van der Waals surface area contributed by atoms with Crippen LogP contribution in [-0.4, -0.2) is 85.0 Å². The van der Waals surface area contributed by atoms with Crippen molar-refractivity contribution < 1.29 is 37.7 Å². The van der Waals surface area contributed by atoms with Gasteiger partial charge in [-0.15, -0.1) is 0 Å². The van der Waals surface area contributed by atoms with E-state index in [0.29, 0.717) is 82.7 Å². The van der Waals surface area contributed by atoms with Crippen LogP contribution in [0.5, 0.6) is 11.5 Å². The first-order chi connectivity index (χ1) is 29.6. The van der Waals surface area contributed by atoms with Gasteiger partial charge >= 0.3 is 12.2 Å². The lowest BCUT2D eigenvalue weighted by Gasteiger charge is -2.33. The maximum absolute atomic E-state index is 17.4. The van der Waals surface area contributed by atoms with Crippen molar-refractivity contribution in [2.24, 2.45) is 0 Å². The maximum Gasteiger partial charge on any atom is 0.410 e. The summed E-state index contributed by atoms with van der Waals surface area (Å²) in [4.78, 5) is 46.0. The Labute approximate surface area is 360 Å². The van der Waals surface area contributed by atoms with Crippen LogP contribution < -0.4 is 9.47 Å². The van der Waals surface area contributed by atoms with Crippen LogP contribution in [0.3, 0.4) is 0 Å². The third-order valence-electron chi connectivity index (χ3n) is 11.8. The van der Waals surface area contributed by atoms with Crippen molar-refractivity contribution in [3.63, 3.8) is 0 Å². The van der Waals surface area contributed by atoms with Crippen molar-refractivity contribution >= 4 is 34.2 Å². The number of hydrogen-bond donors (Lipinski definition) is 2. The van der Waals surface area contributed by atoms with Gasteiger partial charge in [-0.3, -0.25) is 14.4 Å². The molecule has 326 valence electrons. The number of hydrogen-bond acceptors (Lipinski definition) is 9. The number of amides is 2. The first-order valence-corrected chi connectivity index (χ1v) is 21.4. The molecule has 0 saturated carbocycles. The van der Waals surface area contributed by atoms with Gasteiger partial charge in [0.1, 0.15) is 40.1 Å². The average molecular weight is 848 g/mol. The van der Waals surface area contributed by atoms with Crippen molar-refractivity contribution in [2.45, 2.75) is 110 Å². The number of H-pyrrole nitrogens is 2. The van der Waals surface area contributed by atoms with Gasteiger partial charge in [0.05, 0.1) is 61.3 Å². The zero-order valence-electron chi connectivity index (χ0n) is 36.6. The predicted octanol–water partition coefficient (Wildman–Crippen LogP) is 10.2. The number of rotatable bonds is 7. The van der Waals surface area contributed by atoms with E-state index in [0.717, 1.165) is 48.1 Å². The van der Waals surface area contributed by atoms with Gasteiger partial charge in [0.2, 0.25) is 6.23 Å². The number of ether oxygens (including phenoxy) is 5. The number of benzene rings is 2. The summed E-state index contributed by atoms with van der Waals surface area (Å²) in [5.74, 6) is 2.71. The Kier molecular flexibility index (Phi) is 10.3. The van der Waals surface area contributed by atoms with Crippen LogP contribution >= 0.6 is 0 Å². The molecule has 5 aromatic rings. The third-order valence-corrected chi connectivity index (χ3v) is 11.8. The summed E-state index contributed by atoms with van der Waals surface area (Å²) in [6, 6.07) is 10.8. The molecule has 0 radical (unpaired) electrons. The minimum Gasteiger partial charge on any atom is -0.497 e. The molecule has 1 aliphatic carbocycles. The second kappa shape index (κ2) is 15.6. The molecule has 15 heteroatoms. The van der Waals surface area contributed by atoms with E-state index in [4.69, 9.17) is 33.7 Å². The quantitative estimate of drug-likeness (QED) is 0.163. The monoisotopic (exact) mass is 847 g/mol. The van der Waals surface area contributed by atoms with Gasteiger partial charge in [-0.05, 0) is 116 Å². The summed E-state index contributed by atoms with van der Waals surface area (Å²) in [6.45, 7) is 12.3. The van der Waals surface area contributed by atoms with Crippen LogP contribution in [0.2, 0.25) is 0 Å². The Morgan fingerprint density at radius 2 is 1.37 bits per heavy atom. The van der Waals surface area contributed by atoms with Gasteiger partial charge in [-0.25, -0.2) is 23.9 Å². The first kappa shape index (κ1) is 41.1. The summed E-state index contributed by atoms with van der Waals surface area (Å²) in [7, 11) is 3.18. The van der Waals surface area contributed by atoms with Crippen LogP contribution in [0.1, 0.15) is 127 Å². The lowest BCUT2D eigenvalue weighted by molar-refractivity contribution is 0.0208. The number of nitrogens with one attached hydrogen (secondary N) is 2. The minimum absolute atomic E-state index is 0.228. The molecule has 2 saturated heterocycles. The Bertz CT molecular complexity index is 2600. The highest BCUT2D eigenvalue weighted by Crippen LogP contribution is 2.48. The second-order valence-corrected chi connectivity index (χ2v) is 18.4. The number of imidazole rings is 2. The molecule has 2 N–H and O–H groups in total. The number of fused-ring (bicyclic) bond motifs is 4. The number of methoxy groups -OCH3 is 2. The highest BCUT2D eigenvalue weighted by molar-refractivity contribution is 5.92. The van der Waals surface area contributed by atoms with Crippen LogP contribution in [0, 0.1) is 5.82 Å². The second-order valence-electron chi connectivity index (χ2n) is 18.4. The number of halogens is 1. The SMILES string of the molecule is COc1cc(OC)cc(C2OC3=C(CCC(c4cnc(C5CCCN5C(=O)OC(C)(C)C)[nH]4)=C3)c3c(F)c4cc(-c5cnc(C6CCCN6C(=O)OC(C)(C)C)[nH]5)ccc4n32)c1. The van der Waals surface area contributed by atoms with E-state index in [1.54, 1.807) is 42.5 Å². The molecule has 2 aromatic carbocycles. The molecule has 3 atom stereocenters. The average Bonchev–Trinajstić information content (AvgIpc) is 4.09. The van der Waals surface area contributed by atoms with Crippen LogP contribution in [0.15, 0.2) is 60.6 Å². The summed E-state index contributed by atoms with van der Waals surface area (Å²) < 4.78 is 48.9. The molecule has 2 fully saturated rings. The number of aromatic nitrogens is 5. The van der Waals surface area contributed by atoms with E-state index in [9.17, 15) is 9.59 Å². The van der Waals surface area contributed by atoms with Gasteiger partial charge in [-0.1, -0.05) is 6.07 Å². The Balaban J connectivity index is 1.08. The maximum atomic E-state index is 17.4. The van der Waals surface area contributed by atoms with Gasteiger partial charge < -0.3 is 33.7 Å². The number of aromatic amines is 2. The smallest absolute Gasteiger partial charge is 0.410 e. The van der Waals surface area contributed by atoms with E-state index in [2.05, 4.69) is 9.97 Å². The Morgan fingerprint density at radius 3 is 1.95 bits per heavy atom. The zero-order valence-corrected chi connectivity index (χ0v) is 36.6. The van der Waals surface area contributed by atoms with E-state index in [1.165, 1.54) is 0 Å². The summed E-state index contributed by atoms with van der Waals surface area (Å²) >= 11 is 0. The third kappa shape index (κ3) is 7.66. The minimum atomic E-state index is -0.778. The van der Waals surface area contributed by atoms with Crippen LogP contribution in [0.25, 0.3) is 33.3 Å². The molecule has 14 nitrogen and oxygen atoms in total. The van der Waals surface area contributed by atoms with Crippen molar-refractivity contribution in [3.8, 4) is 22.8 Å². The van der Waals surface area contributed by atoms with Gasteiger partial charge in [0.25, 0.3) is 0 Å². The summed E-state index contributed by atoms with van der Waals surface area (Å²) in [5, 5.41) is 0.432. The van der Waals surface area contributed by atoms with Crippen molar-refractivity contribution in [3.05, 3.63) is 95.0 Å². The molecule has 4 aliphatic rings. The fraction of sp³-hybridized carbons (Fsp3) is 0.447. The standard InChI is InChI=1S/C47H54FN7O7/c1-46(2,3)61-44(56)53-17-9-11-36(53)41-49-24-33(51-41)26-14-16-35-32(21-26)39(48)40-31-15-13-27(22-38(31)60-43(55(35)40)28-19-29(58-7)23-30(20-28)59-8)34-25-50-42(52-34)37-12-10-18-54(37)45(57)62-47(4,5)6/h14,16,19-25,36-37,43H,9-13,15,17-18H2,1-8H3,(H,49,51)(H,50,52). The largest absolute Gasteiger partial charge is 0.497 e. The van der Waals surface area contributed by atoms with Gasteiger partial charge in [-0.2, -0.15) is 0 Å². The molecule has 9 rings (SSSR count). The zero-order chi connectivity index (χ0) is 43.7. The fourth-order valence-corrected chi connectivity index (χ4v) is 9.08. The van der Waals surface area contributed by atoms with Crippen molar-refractivity contribution in [2.75, 3.05) is 27.3 Å². The molecule has 6 heterocycles. The van der Waals surface area contributed by atoms with E-state index >= 15 is 4.39 Å². The molecule has 3 aromatic heterocycles. The molecular weight excluding hydrogens is 794 g/mol. The number of nitrogens with zero attached hydrogens (tertiary/aromatic N) is 5. The van der Waals surface area contributed by atoms with Crippen molar-refractivity contribution in [1.82, 2.24) is 34.3 Å².